The molecule has 85 heavy (non-hydrogen) atoms. The highest BCUT2D eigenvalue weighted by Crippen LogP contribution is 2.57. The van der Waals surface area contributed by atoms with Crippen LogP contribution in [0.2, 0.25) is 0 Å². The smallest absolute Gasteiger partial charge is 0.111 e. The first-order chi connectivity index (χ1) is 40.1. The van der Waals surface area contributed by atoms with Crippen LogP contribution in [0.1, 0.15) is 143 Å². The number of piperazine rings is 2. The maximum Gasteiger partial charge on any atom is 0.111 e. The standard InChI is InChI=1S/C10H19NS2.C9H17NOS.C9H17NO.C9H17N.C8H16N2.C8H15NS.C8H15N.C7H14N2.CH4/c1-11-6-4-10(5-7-11)12(2)8-9-13(10)3;1-10-5-3-9(4-6-10)11-7-8-12(9)2;1-10-6-4-9(5-7-10)3-2-8-11-9;1-7-5-8-3-4-9(6-7)10(8)2;2*1-9-5-7-3-4-8(6-9)10(7)2;1-9-5-7-2-3-8(4-7)6-9;1-8-4-7-3-6(8)5-9(7)2;/h2-9H2,1H3;2-8H2,1H3;2-8H2,1H3;7-9H,3-6H2,1-2H3;7-8H,3-6H2,1-2H3;7-8H,2-6H2,1H3;7-8H,2-6H2,1H3;6-7H,3-5H2,1-2H3;1H4. The number of likely N-dealkylation sites (N-methyl/N-ethyl adjacent to an activating group) is 4. The summed E-state index contributed by atoms with van der Waals surface area (Å²) in [5, 5.41) is 1.90. The molecule has 16 heteroatoms. The number of fused-ring (bicyclic) bond motifs is 10. The first kappa shape index (κ1) is 71.3. The highest BCUT2D eigenvalue weighted by Gasteiger charge is 2.44. The Balaban J connectivity index is 0.000000127. The van der Waals surface area contributed by atoms with Crippen molar-refractivity contribution >= 4 is 65.4 Å². The lowest BCUT2D eigenvalue weighted by atomic mass is 9.89. The van der Waals surface area contributed by atoms with Crippen LogP contribution in [-0.2, 0) is 9.47 Å². The van der Waals surface area contributed by atoms with Crippen LogP contribution in [0.3, 0.4) is 0 Å². The van der Waals surface area contributed by atoms with Gasteiger partial charge in [0.15, 0.2) is 0 Å². The lowest BCUT2D eigenvalue weighted by Crippen LogP contribution is -2.50. The van der Waals surface area contributed by atoms with Gasteiger partial charge in [-0.25, -0.2) is 0 Å². The van der Waals surface area contributed by atoms with Crippen molar-refractivity contribution in [3.05, 3.63) is 0 Å². The van der Waals surface area contributed by atoms with Gasteiger partial charge in [0.1, 0.15) is 4.93 Å². The summed E-state index contributed by atoms with van der Waals surface area (Å²) < 4.78 is 12.2. The van der Waals surface area contributed by atoms with Crippen molar-refractivity contribution in [1.82, 2.24) is 49.0 Å². The monoisotopic (exact) mass is 1260 g/mol. The van der Waals surface area contributed by atoms with Crippen LogP contribution in [0.4, 0.5) is 0 Å². The van der Waals surface area contributed by atoms with Crippen molar-refractivity contribution in [2.24, 2.45) is 17.8 Å². The summed E-state index contributed by atoms with van der Waals surface area (Å²) in [4.78, 5) is 24.9. The summed E-state index contributed by atoms with van der Waals surface area (Å²) in [6.45, 7) is 22.2. The van der Waals surface area contributed by atoms with E-state index in [1.165, 1.54) is 237 Å². The molecule has 496 valence electrons. The lowest BCUT2D eigenvalue weighted by Gasteiger charge is -2.40. The number of likely N-dealkylation sites (tertiary alicyclic amines) is 8. The molecule has 0 amide bonds. The Morgan fingerprint density at radius 3 is 1.28 bits per heavy atom. The second kappa shape index (κ2) is 32.5. The molecule has 0 aromatic carbocycles. The summed E-state index contributed by atoms with van der Waals surface area (Å²) >= 11 is 0. The van der Waals surface area contributed by atoms with Gasteiger partial charge in [0, 0.05) is 138 Å². The fourth-order valence-corrected chi connectivity index (χ4v) is 27.8. The van der Waals surface area contributed by atoms with Crippen molar-refractivity contribution in [2.75, 3.05) is 193 Å². The third-order valence-electron chi connectivity index (χ3n) is 24.1. The van der Waals surface area contributed by atoms with Gasteiger partial charge in [-0.15, -0.1) is 0 Å². The van der Waals surface area contributed by atoms with Crippen LogP contribution in [0, 0.1) is 17.8 Å². The van der Waals surface area contributed by atoms with E-state index in [4.69, 9.17) is 9.47 Å². The fraction of sp³-hybridized carbons (Fsp3) is 0.942. The summed E-state index contributed by atoms with van der Waals surface area (Å²) in [6.07, 6.45) is 27.7. The number of rotatable bonds is 0. The van der Waals surface area contributed by atoms with Crippen LogP contribution in [-0.4, -0.2) is 326 Å². The maximum absolute atomic E-state index is 5.87. The Hall–Kier alpha value is 0.400. The van der Waals surface area contributed by atoms with E-state index in [1.54, 1.807) is 0 Å². The number of piperidine rings is 5. The molecule has 16 fully saturated rings. The fourth-order valence-electron chi connectivity index (χ4n) is 18.1. The van der Waals surface area contributed by atoms with Crippen molar-refractivity contribution < 1.29 is 9.47 Å². The topological polar surface area (TPSA) is 50.9 Å². The van der Waals surface area contributed by atoms with Gasteiger partial charge in [0.05, 0.1) is 16.3 Å². The molecule has 0 radical (unpaired) electrons. The van der Waals surface area contributed by atoms with Crippen molar-refractivity contribution in [3.8, 4) is 0 Å². The average molecular weight is 1260 g/mol. The van der Waals surface area contributed by atoms with Crippen LogP contribution < -0.4 is 0 Å². The first-order valence-electron chi connectivity index (χ1n) is 34.4. The Morgan fingerprint density at radius 2 is 0.835 bits per heavy atom. The third kappa shape index (κ3) is 18.6. The lowest BCUT2D eigenvalue weighted by molar-refractivity contribution is -0.0390. The molecule has 15 aliphatic heterocycles. The average Bonchev–Trinajstić information content (AvgIpc) is 4.45. The molecule has 16 aliphatic rings. The molecule has 3 spiro atoms. The maximum atomic E-state index is 5.87. The molecule has 13 unspecified atom stereocenters. The quantitative estimate of drug-likeness (QED) is 0.217. The predicted octanol–water partition coefficient (Wildman–Crippen LogP) is 9.65. The molecule has 12 nitrogen and oxygen atoms in total. The summed E-state index contributed by atoms with van der Waals surface area (Å²) in [5.74, 6) is 24.2. The minimum Gasteiger partial charge on any atom is -0.375 e. The molecule has 1 saturated carbocycles. The number of ether oxygens (including phenoxy) is 2. The van der Waals surface area contributed by atoms with E-state index in [-0.39, 0.29) is 22.8 Å². The molecule has 0 aromatic heterocycles. The zero-order chi connectivity index (χ0) is 59.9. The van der Waals surface area contributed by atoms with E-state index in [9.17, 15) is 0 Å². The molecular formula is C69H134N10O2S4. The van der Waals surface area contributed by atoms with Gasteiger partial charge in [-0.2, -0.15) is 41.9 Å². The molecular weight excluding hydrogens is 1130 g/mol. The van der Waals surface area contributed by atoms with Crippen LogP contribution in [0.25, 0.3) is 0 Å². The van der Waals surface area contributed by atoms with Crippen LogP contribution in [0.15, 0.2) is 0 Å². The Labute approximate surface area is 535 Å². The molecule has 0 aromatic rings. The molecule has 10 bridgehead atoms. The van der Waals surface area contributed by atoms with E-state index < -0.39 is 0 Å². The number of hydrogen-bond acceptors (Lipinski definition) is 12. The summed E-state index contributed by atoms with van der Waals surface area (Å²) in [6, 6.07) is 5.36. The Morgan fingerprint density at radius 1 is 0.388 bits per heavy atom. The Kier molecular flexibility index (Phi) is 27.2. The molecule has 1 aliphatic carbocycles. The van der Waals surface area contributed by atoms with Gasteiger partial charge in [0.25, 0.3) is 0 Å². The highest BCUT2D eigenvalue weighted by molar-refractivity contribution is 8.34. The van der Waals surface area contributed by atoms with Gasteiger partial charge in [-0.3, -0.25) is 4.90 Å². The van der Waals surface area contributed by atoms with Gasteiger partial charge >= 0.3 is 0 Å². The van der Waals surface area contributed by atoms with Crippen molar-refractivity contribution in [1.29, 1.82) is 0 Å². The van der Waals surface area contributed by atoms with E-state index in [2.05, 4.69) is 150 Å². The number of hydrogen-bond donors (Lipinski definition) is 0. The summed E-state index contributed by atoms with van der Waals surface area (Å²) in [7, 11) is 24.0. The molecule has 15 saturated heterocycles. The van der Waals surface area contributed by atoms with Gasteiger partial charge < -0.3 is 53.6 Å². The van der Waals surface area contributed by atoms with E-state index in [0.717, 1.165) is 77.7 Å². The SMILES string of the molecule is C.C=S1C2CCC1CN(C)C2.C=S1CCOC12CCN(C)CC2.C=S1CCS(=C)C12CCN(C)CC2.CC1CC2CCC(C1)N2C.CN1CC2CC1CN2C.CN1CC2CCC(C1)N2C.CN1CC2CCC(C2)C1.CN1CCC2(CCCO2)CC1. The minimum atomic E-state index is 0. The third-order valence-corrected chi connectivity index (χ3v) is 34.8. The predicted molar refractivity (Wildman–Crippen MR) is 385 cm³/mol. The molecule has 15 heterocycles. The van der Waals surface area contributed by atoms with Gasteiger partial charge in [0.2, 0.25) is 0 Å². The van der Waals surface area contributed by atoms with Gasteiger partial charge in [-0.1, -0.05) is 37.8 Å². The van der Waals surface area contributed by atoms with Crippen LogP contribution >= 0.6 is 41.9 Å². The molecule has 16 rings (SSSR count). The number of nitrogens with zero attached hydrogens (tertiary/aromatic N) is 10. The van der Waals surface area contributed by atoms with E-state index >= 15 is 0 Å². The highest BCUT2D eigenvalue weighted by atomic mass is 32.2. The summed E-state index contributed by atoms with van der Waals surface area (Å²) in [5.41, 5.74) is 0.312. The van der Waals surface area contributed by atoms with Crippen molar-refractivity contribution in [3.63, 3.8) is 0 Å². The zero-order valence-corrected chi connectivity index (χ0v) is 59.4. The molecule has 0 N–H and O–H groups in total. The zero-order valence-electron chi connectivity index (χ0n) is 56.2. The first-order valence-corrected chi connectivity index (χ1v) is 40.6. The largest absolute Gasteiger partial charge is 0.375 e. The normalized spacial score (nSPS) is 40.9. The van der Waals surface area contributed by atoms with E-state index in [1.807, 2.05) is 0 Å². The van der Waals surface area contributed by atoms with Crippen molar-refractivity contribution in [2.45, 2.75) is 204 Å². The second-order valence-corrected chi connectivity index (χ2v) is 39.4. The second-order valence-electron chi connectivity index (χ2n) is 30.4. The molecule has 13 atom stereocenters. The Bertz CT molecular complexity index is 2000. The van der Waals surface area contributed by atoms with E-state index in [0.29, 0.717) is 41.1 Å². The minimum absolute atomic E-state index is 0. The van der Waals surface area contributed by atoms with Gasteiger partial charge in [-0.05, 0) is 241 Å². The van der Waals surface area contributed by atoms with Crippen LogP contribution in [0.5, 0.6) is 0 Å².